The van der Waals surface area contributed by atoms with Crippen LogP contribution >= 0.6 is 11.3 Å². The summed E-state index contributed by atoms with van der Waals surface area (Å²) < 4.78 is 36.6. The van der Waals surface area contributed by atoms with Gasteiger partial charge in [0.1, 0.15) is 5.75 Å². The van der Waals surface area contributed by atoms with E-state index in [1.54, 1.807) is 14.2 Å². The Morgan fingerprint density at radius 2 is 1.70 bits per heavy atom. The highest BCUT2D eigenvalue weighted by atomic mass is 32.2. The van der Waals surface area contributed by atoms with Crippen molar-refractivity contribution in [1.82, 2.24) is 9.71 Å². The van der Waals surface area contributed by atoms with Crippen molar-refractivity contribution in [2.24, 2.45) is 17.8 Å². The van der Waals surface area contributed by atoms with E-state index < -0.39 is 10.0 Å². The number of rotatable bonds is 11. The van der Waals surface area contributed by atoms with Crippen molar-refractivity contribution in [3.63, 3.8) is 0 Å². The van der Waals surface area contributed by atoms with E-state index in [0.717, 1.165) is 73.2 Å². The summed E-state index contributed by atoms with van der Waals surface area (Å²) in [6.45, 7) is 3.25. The van der Waals surface area contributed by atoms with Crippen LogP contribution in [0.15, 0.2) is 48.7 Å². The molecular weight excluding hydrogens is 595 g/mol. The number of methoxy groups -OCH3 is 2. The summed E-state index contributed by atoms with van der Waals surface area (Å²) in [7, 11) is 0.119. The molecule has 2 fully saturated rings. The molecule has 8 nitrogen and oxygen atoms in total. The SMILES string of the molecule is COc1ncc(-c2cccc(N(CC3CCC(c4ccc(OC)c(C)c4)CC3)C(=O)C3CCC(CNS(C)(=O)=O)CC3)c2)s1. The molecule has 2 saturated carbocycles. The summed E-state index contributed by atoms with van der Waals surface area (Å²) >= 11 is 1.49. The number of aryl methyl sites for hydroxylation is 1. The van der Waals surface area contributed by atoms with Crippen LogP contribution in [0.5, 0.6) is 10.9 Å². The number of aromatic nitrogens is 1. The van der Waals surface area contributed by atoms with Crippen molar-refractivity contribution in [3.8, 4) is 21.4 Å². The number of hydrogen-bond donors (Lipinski definition) is 1. The summed E-state index contributed by atoms with van der Waals surface area (Å²) in [5.74, 6) is 2.28. The average Bonchev–Trinajstić information content (AvgIpc) is 3.52. The van der Waals surface area contributed by atoms with Crippen molar-refractivity contribution < 1.29 is 22.7 Å². The number of carbonyl (C=O) groups excluding carboxylic acids is 1. The number of hydrogen-bond acceptors (Lipinski definition) is 7. The summed E-state index contributed by atoms with van der Waals surface area (Å²) in [5.41, 5.74) is 4.50. The fraction of sp³-hybridized carbons (Fsp3) is 0.529. The van der Waals surface area contributed by atoms with E-state index in [-0.39, 0.29) is 17.7 Å². The molecule has 3 aromatic rings. The Hall–Kier alpha value is -2.95. The third kappa shape index (κ3) is 8.20. The van der Waals surface area contributed by atoms with Gasteiger partial charge in [0, 0.05) is 30.9 Å². The molecule has 1 aromatic heterocycles. The van der Waals surface area contributed by atoms with Crippen LogP contribution < -0.4 is 19.1 Å². The third-order valence-corrected chi connectivity index (χ3v) is 11.1. The van der Waals surface area contributed by atoms with Gasteiger partial charge < -0.3 is 14.4 Å². The van der Waals surface area contributed by atoms with Crippen LogP contribution in [0.1, 0.15) is 68.4 Å². The molecule has 0 atom stereocenters. The fourth-order valence-electron chi connectivity index (χ4n) is 6.83. The first kappa shape index (κ1) is 32.4. The quantitative estimate of drug-likeness (QED) is 0.248. The molecule has 1 N–H and O–H groups in total. The molecule has 5 rings (SSSR count). The highest BCUT2D eigenvalue weighted by molar-refractivity contribution is 7.88. The number of nitrogens with zero attached hydrogens (tertiary/aromatic N) is 2. The predicted octanol–water partition coefficient (Wildman–Crippen LogP) is 6.80. The monoisotopic (exact) mass is 639 g/mol. The van der Waals surface area contributed by atoms with Crippen molar-refractivity contribution in [2.45, 2.75) is 64.2 Å². The molecule has 1 heterocycles. The van der Waals surface area contributed by atoms with E-state index in [2.05, 4.69) is 47.0 Å². The molecule has 0 saturated heterocycles. The lowest BCUT2D eigenvalue weighted by Crippen LogP contribution is -2.42. The Bertz CT molecular complexity index is 1520. The summed E-state index contributed by atoms with van der Waals surface area (Å²) in [6, 6.07) is 14.8. The summed E-state index contributed by atoms with van der Waals surface area (Å²) in [6.07, 6.45) is 10.6. The summed E-state index contributed by atoms with van der Waals surface area (Å²) in [5, 5.41) is 0.615. The van der Waals surface area contributed by atoms with E-state index in [4.69, 9.17) is 9.47 Å². The number of thiazole rings is 1. The number of benzene rings is 2. The van der Waals surface area contributed by atoms with Crippen LogP contribution in [0.2, 0.25) is 0 Å². The molecule has 0 spiro atoms. The molecule has 44 heavy (non-hydrogen) atoms. The van der Waals surface area contributed by atoms with Crippen LogP contribution in [-0.4, -0.2) is 52.9 Å². The topological polar surface area (TPSA) is 97.8 Å². The van der Waals surface area contributed by atoms with Gasteiger partial charge >= 0.3 is 0 Å². The van der Waals surface area contributed by atoms with Gasteiger partial charge in [-0.25, -0.2) is 18.1 Å². The Labute approximate surface area is 266 Å². The molecule has 0 unspecified atom stereocenters. The highest BCUT2D eigenvalue weighted by Gasteiger charge is 2.33. The predicted molar refractivity (Wildman–Crippen MR) is 177 cm³/mol. The van der Waals surface area contributed by atoms with Gasteiger partial charge in [0.2, 0.25) is 15.9 Å². The van der Waals surface area contributed by atoms with Gasteiger partial charge in [-0.1, -0.05) is 35.6 Å². The minimum atomic E-state index is -3.22. The minimum absolute atomic E-state index is 0.0600. The van der Waals surface area contributed by atoms with Crippen LogP contribution in [0, 0.1) is 24.7 Å². The minimum Gasteiger partial charge on any atom is -0.496 e. The maximum atomic E-state index is 14.3. The van der Waals surface area contributed by atoms with E-state index in [9.17, 15) is 13.2 Å². The molecule has 238 valence electrons. The van der Waals surface area contributed by atoms with E-state index in [1.807, 2.05) is 23.2 Å². The standard InChI is InChI=1S/C34H45N3O5S2/c1-23-18-28(16-17-31(23)41-2)26-12-10-25(11-13-26)22-37(30-7-5-6-29(19-30)32-21-35-34(42-3)43-32)33(38)27-14-8-24(9-15-27)20-36-44(4,39)40/h5-7,16-19,21,24-27,36H,8-15,20,22H2,1-4H3. The lowest BCUT2D eigenvalue weighted by molar-refractivity contribution is -0.123. The van der Waals surface area contributed by atoms with Crippen molar-refractivity contribution in [2.75, 3.05) is 38.5 Å². The molecule has 0 bridgehead atoms. The first-order valence-corrected chi connectivity index (χ1v) is 18.3. The van der Waals surface area contributed by atoms with E-state index in [0.29, 0.717) is 30.1 Å². The van der Waals surface area contributed by atoms with Crippen molar-refractivity contribution >= 4 is 33.0 Å². The van der Waals surface area contributed by atoms with Gasteiger partial charge in [-0.05, 0) is 111 Å². The van der Waals surface area contributed by atoms with Crippen LogP contribution in [0.25, 0.3) is 10.4 Å². The first-order valence-electron chi connectivity index (χ1n) is 15.6. The Balaban J connectivity index is 1.30. The van der Waals surface area contributed by atoms with Crippen molar-refractivity contribution in [3.05, 3.63) is 59.8 Å². The number of nitrogens with one attached hydrogen (secondary N) is 1. The highest BCUT2D eigenvalue weighted by Crippen LogP contribution is 2.40. The second-order valence-corrected chi connectivity index (χ2v) is 15.3. The Morgan fingerprint density at radius 1 is 0.977 bits per heavy atom. The number of sulfonamides is 1. The smallest absolute Gasteiger partial charge is 0.273 e. The average molecular weight is 640 g/mol. The molecule has 0 aliphatic heterocycles. The zero-order chi connectivity index (χ0) is 31.3. The molecule has 1 amide bonds. The molecule has 2 aromatic carbocycles. The third-order valence-electron chi connectivity index (χ3n) is 9.38. The van der Waals surface area contributed by atoms with Gasteiger partial charge in [0.25, 0.3) is 5.19 Å². The van der Waals surface area contributed by atoms with Crippen LogP contribution in [0.3, 0.4) is 0 Å². The second kappa shape index (κ2) is 14.4. The first-order chi connectivity index (χ1) is 21.1. The van der Waals surface area contributed by atoms with Crippen LogP contribution in [-0.2, 0) is 14.8 Å². The van der Waals surface area contributed by atoms with Gasteiger partial charge in [0.05, 0.1) is 25.4 Å². The number of anilines is 1. The lowest BCUT2D eigenvalue weighted by atomic mass is 9.77. The molecule has 2 aliphatic rings. The Kier molecular flexibility index (Phi) is 10.6. The second-order valence-electron chi connectivity index (χ2n) is 12.5. The number of carbonyl (C=O) groups is 1. The van der Waals surface area contributed by atoms with Gasteiger partial charge in [-0.15, -0.1) is 0 Å². The van der Waals surface area contributed by atoms with Gasteiger partial charge in [-0.2, -0.15) is 0 Å². The Morgan fingerprint density at radius 3 is 2.34 bits per heavy atom. The lowest BCUT2D eigenvalue weighted by Gasteiger charge is -2.36. The number of ether oxygens (including phenoxy) is 2. The molecule has 0 radical (unpaired) electrons. The van der Waals surface area contributed by atoms with Crippen molar-refractivity contribution in [1.29, 1.82) is 0 Å². The summed E-state index contributed by atoms with van der Waals surface area (Å²) in [4.78, 5) is 21.6. The van der Waals surface area contributed by atoms with E-state index >= 15 is 0 Å². The fourth-order valence-corrected chi connectivity index (χ4v) is 8.10. The number of amides is 1. The molecule has 10 heteroatoms. The van der Waals surface area contributed by atoms with Gasteiger partial charge in [-0.3, -0.25) is 4.79 Å². The van der Waals surface area contributed by atoms with E-state index in [1.165, 1.54) is 28.7 Å². The van der Waals surface area contributed by atoms with Gasteiger partial charge in [0.15, 0.2) is 0 Å². The zero-order valence-corrected chi connectivity index (χ0v) is 27.9. The van der Waals surface area contributed by atoms with Crippen LogP contribution in [0.4, 0.5) is 5.69 Å². The maximum Gasteiger partial charge on any atom is 0.273 e. The molecule has 2 aliphatic carbocycles. The molecular formula is C34H45N3O5S2. The normalized spacial score (nSPS) is 22.4. The largest absolute Gasteiger partial charge is 0.496 e. The zero-order valence-electron chi connectivity index (χ0n) is 26.3. The maximum absolute atomic E-state index is 14.3.